The fraction of sp³-hybridized carbons (Fsp3) is 0.0769. The first-order valence-corrected chi connectivity index (χ1v) is 6.02. The second-order valence-corrected chi connectivity index (χ2v) is 4.56. The van der Waals surface area contributed by atoms with Gasteiger partial charge < -0.3 is 0 Å². The topological polar surface area (TPSA) is 30.0 Å². The third-order valence-corrected chi connectivity index (χ3v) is 2.86. The molecule has 98 valence electrons. The molecule has 0 unspecified atom stereocenters. The highest BCUT2D eigenvalue weighted by Gasteiger charge is 2.30. The van der Waals surface area contributed by atoms with E-state index in [1.807, 2.05) is 0 Å². The molecule has 0 aliphatic heterocycles. The van der Waals surface area contributed by atoms with Crippen molar-refractivity contribution in [3.05, 3.63) is 63.9 Å². The zero-order valence-corrected chi connectivity index (χ0v) is 11.0. The lowest BCUT2D eigenvalue weighted by Gasteiger charge is -2.07. The summed E-state index contributed by atoms with van der Waals surface area (Å²) in [5.41, 5.74) is -0.445. The zero-order chi connectivity index (χ0) is 14.0. The molecule has 0 bridgehead atoms. The number of rotatable bonds is 2. The molecule has 6 heteroatoms. The van der Waals surface area contributed by atoms with Crippen molar-refractivity contribution in [1.29, 1.82) is 0 Å². The van der Waals surface area contributed by atoms with Crippen LogP contribution in [-0.2, 0) is 6.18 Å². The van der Waals surface area contributed by atoms with Gasteiger partial charge in [0.1, 0.15) is 10.3 Å². The molecule has 0 N–H and O–H groups in total. The summed E-state index contributed by atoms with van der Waals surface area (Å²) in [5.74, 6) is -0.421. The van der Waals surface area contributed by atoms with Crippen molar-refractivity contribution >= 4 is 21.7 Å². The molecular weight excluding hydrogens is 323 g/mol. The minimum absolute atomic E-state index is 0.165. The number of ketones is 1. The summed E-state index contributed by atoms with van der Waals surface area (Å²) >= 11 is 3.13. The molecule has 0 atom stereocenters. The number of carbonyl (C=O) groups excluding carboxylic acids is 1. The normalized spacial score (nSPS) is 11.4. The minimum Gasteiger partial charge on any atom is -0.287 e. The van der Waals surface area contributed by atoms with Crippen LogP contribution < -0.4 is 0 Å². The first-order chi connectivity index (χ1) is 8.88. The van der Waals surface area contributed by atoms with Crippen molar-refractivity contribution in [2.45, 2.75) is 6.18 Å². The van der Waals surface area contributed by atoms with Crippen LogP contribution in [0.4, 0.5) is 13.2 Å². The fourth-order valence-electron chi connectivity index (χ4n) is 1.49. The van der Waals surface area contributed by atoms with Gasteiger partial charge >= 0.3 is 6.18 Å². The molecule has 1 heterocycles. The van der Waals surface area contributed by atoms with Crippen LogP contribution in [0, 0.1) is 0 Å². The summed E-state index contributed by atoms with van der Waals surface area (Å²) in [4.78, 5) is 16.0. The van der Waals surface area contributed by atoms with E-state index in [4.69, 9.17) is 0 Å². The Hall–Kier alpha value is -1.69. The van der Waals surface area contributed by atoms with Gasteiger partial charge in [0.25, 0.3) is 0 Å². The van der Waals surface area contributed by atoms with E-state index in [9.17, 15) is 18.0 Å². The molecule has 2 nitrogen and oxygen atoms in total. The van der Waals surface area contributed by atoms with Crippen LogP contribution in [0.2, 0.25) is 0 Å². The number of alkyl halides is 3. The lowest BCUT2D eigenvalue weighted by Crippen LogP contribution is -2.07. The number of halogens is 4. The van der Waals surface area contributed by atoms with Crippen molar-refractivity contribution < 1.29 is 18.0 Å². The number of carbonyl (C=O) groups is 1. The van der Waals surface area contributed by atoms with E-state index in [-0.39, 0.29) is 11.3 Å². The third kappa shape index (κ3) is 3.20. The van der Waals surface area contributed by atoms with Gasteiger partial charge in [0, 0.05) is 5.56 Å². The molecule has 1 aromatic carbocycles. The molecule has 0 spiro atoms. The molecule has 0 amide bonds. The Morgan fingerprint density at radius 1 is 1.05 bits per heavy atom. The van der Waals surface area contributed by atoms with Gasteiger partial charge in [0.2, 0.25) is 5.78 Å². The van der Waals surface area contributed by atoms with Crippen LogP contribution in [0.3, 0.4) is 0 Å². The largest absolute Gasteiger partial charge is 0.416 e. The van der Waals surface area contributed by atoms with Gasteiger partial charge in [-0.1, -0.05) is 18.2 Å². The summed E-state index contributed by atoms with van der Waals surface area (Å²) in [5, 5.41) is 0. The Morgan fingerprint density at radius 2 is 1.68 bits per heavy atom. The Kier molecular flexibility index (Phi) is 3.71. The number of aromatic nitrogens is 1. The number of hydrogen-bond donors (Lipinski definition) is 0. The van der Waals surface area contributed by atoms with Crippen molar-refractivity contribution in [2.75, 3.05) is 0 Å². The molecule has 2 aromatic rings. The van der Waals surface area contributed by atoms with E-state index >= 15 is 0 Å². The van der Waals surface area contributed by atoms with Crippen molar-refractivity contribution in [3.8, 4) is 0 Å². The minimum atomic E-state index is -4.41. The smallest absolute Gasteiger partial charge is 0.287 e. The molecule has 19 heavy (non-hydrogen) atoms. The highest BCUT2D eigenvalue weighted by atomic mass is 79.9. The average molecular weight is 330 g/mol. The number of nitrogens with zero attached hydrogens (tertiary/aromatic N) is 1. The fourth-order valence-corrected chi connectivity index (χ4v) is 1.84. The van der Waals surface area contributed by atoms with E-state index in [2.05, 4.69) is 20.9 Å². The summed E-state index contributed by atoms with van der Waals surface area (Å²) < 4.78 is 37.7. The van der Waals surface area contributed by atoms with Crippen LogP contribution in [0.1, 0.15) is 21.6 Å². The number of benzene rings is 1. The molecule has 1 aromatic heterocycles. The molecule has 0 saturated carbocycles. The summed E-state index contributed by atoms with van der Waals surface area (Å²) in [6.45, 7) is 0. The van der Waals surface area contributed by atoms with Crippen LogP contribution in [-0.4, -0.2) is 10.8 Å². The number of pyridine rings is 1. The van der Waals surface area contributed by atoms with Crippen LogP contribution in [0.5, 0.6) is 0 Å². The maximum atomic E-state index is 12.4. The summed E-state index contributed by atoms with van der Waals surface area (Å²) in [6, 6.07) is 8.85. The lowest BCUT2D eigenvalue weighted by molar-refractivity contribution is -0.137. The lowest BCUT2D eigenvalue weighted by atomic mass is 10.1. The Morgan fingerprint density at radius 3 is 2.21 bits per heavy atom. The highest BCUT2D eigenvalue weighted by molar-refractivity contribution is 9.10. The van der Waals surface area contributed by atoms with E-state index in [1.54, 1.807) is 12.1 Å². The molecule has 0 fully saturated rings. The molecule has 0 saturated heterocycles. The molecule has 0 radical (unpaired) electrons. The van der Waals surface area contributed by atoms with Gasteiger partial charge in [-0.05, 0) is 40.2 Å². The monoisotopic (exact) mass is 329 g/mol. The zero-order valence-electron chi connectivity index (χ0n) is 9.41. The maximum Gasteiger partial charge on any atom is 0.416 e. The summed E-state index contributed by atoms with van der Waals surface area (Å²) in [6.07, 6.45) is -4.41. The van der Waals surface area contributed by atoms with Crippen LogP contribution >= 0.6 is 15.9 Å². The molecule has 2 rings (SSSR count). The Bertz CT molecular complexity index is 608. The molecule has 0 aliphatic carbocycles. The van der Waals surface area contributed by atoms with Crippen molar-refractivity contribution in [1.82, 2.24) is 4.98 Å². The van der Waals surface area contributed by atoms with E-state index in [1.165, 1.54) is 6.07 Å². The maximum absolute atomic E-state index is 12.4. The molecule has 0 aliphatic rings. The predicted molar refractivity (Wildman–Crippen MR) is 66.8 cm³/mol. The summed E-state index contributed by atoms with van der Waals surface area (Å²) in [7, 11) is 0. The van der Waals surface area contributed by atoms with Crippen LogP contribution in [0.15, 0.2) is 47.1 Å². The van der Waals surface area contributed by atoms with Crippen molar-refractivity contribution in [3.63, 3.8) is 0 Å². The SMILES string of the molecule is O=C(c1ccc(C(F)(F)F)cc1)c1cccc(Br)n1. The Balaban J connectivity index is 2.30. The standard InChI is InChI=1S/C13H7BrF3NO/c14-11-3-1-2-10(18-11)12(19)8-4-6-9(7-5-8)13(15,16)17/h1-7H. The molecular formula is C13H7BrF3NO. The first-order valence-electron chi connectivity index (χ1n) is 5.22. The number of hydrogen-bond acceptors (Lipinski definition) is 2. The first kappa shape index (κ1) is 13.7. The van der Waals surface area contributed by atoms with Crippen molar-refractivity contribution in [2.24, 2.45) is 0 Å². The highest BCUT2D eigenvalue weighted by Crippen LogP contribution is 2.29. The predicted octanol–water partition coefficient (Wildman–Crippen LogP) is 4.09. The Labute approximate surface area is 115 Å². The third-order valence-electron chi connectivity index (χ3n) is 2.42. The second-order valence-electron chi connectivity index (χ2n) is 3.75. The van der Waals surface area contributed by atoms with Gasteiger partial charge in [0.15, 0.2) is 0 Å². The van der Waals surface area contributed by atoms with Gasteiger partial charge in [-0.15, -0.1) is 0 Å². The second kappa shape index (κ2) is 5.13. The quantitative estimate of drug-likeness (QED) is 0.613. The van der Waals surface area contributed by atoms with E-state index in [0.29, 0.717) is 4.60 Å². The van der Waals surface area contributed by atoms with Gasteiger partial charge in [0.05, 0.1) is 5.56 Å². The van der Waals surface area contributed by atoms with E-state index < -0.39 is 17.5 Å². The van der Waals surface area contributed by atoms with Gasteiger partial charge in [-0.25, -0.2) is 4.98 Å². The average Bonchev–Trinajstić information content (AvgIpc) is 2.37. The van der Waals surface area contributed by atoms with E-state index in [0.717, 1.165) is 24.3 Å². The van der Waals surface area contributed by atoms with Gasteiger partial charge in [-0.2, -0.15) is 13.2 Å². The van der Waals surface area contributed by atoms with Crippen LogP contribution in [0.25, 0.3) is 0 Å². The van der Waals surface area contributed by atoms with Gasteiger partial charge in [-0.3, -0.25) is 4.79 Å².